The van der Waals surface area contributed by atoms with Gasteiger partial charge in [-0.3, -0.25) is 19.7 Å². The number of non-ortho nitro benzene ring substituents is 1. The van der Waals surface area contributed by atoms with Crippen molar-refractivity contribution in [2.45, 2.75) is 13.8 Å². The van der Waals surface area contributed by atoms with Crippen LogP contribution >= 0.6 is 0 Å². The van der Waals surface area contributed by atoms with Crippen LogP contribution < -0.4 is 5.32 Å². The molecule has 0 atom stereocenters. The lowest BCUT2D eigenvalue weighted by Gasteiger charge is -2.04. The number of hydrogen-bond acceptors (Lipinski definition) is 4. The van der Waals surface area contributed by atoms with Gasteiger partial charge in [0.25, 0.3) is 5.69 Å². The Kier molecular flexibility index (Phi) is 3.34. The number of amides is 1. The van der Waals surface area contributed by atoms with Crippen molar-refractivity contribution in [3.63, 3.8) is 0 Å². The minimum Gasteiger partial charge on any atom is -0.326 e. The van der Waals surface area contributed by atoms with Gasteiger partial charge < -0.3 is 5.32 Å². The van der Waals surface area contributed by atoms with Crippen molar-refractivity contribution in [1.29, 1.82) is 0 Å². The lowest BCUT2D eigenvalue weighted by Crippen LogP contribution is -2.07. The van der Waals surface area contributed by atoms with Crippen LogP contribution in [0.15, 0.2) is 18.2 Å². The summed E-state index contributed by atoms with van der Waals surface area (Å²) >= 11 is 0. The number of nitrogens with zero attached hydrogens (tertiary/aromatic N) is 1. The van der Waals surface area contributed by atoms with E-state index >= 15 is 0 Å². The van der Waals surface area contributed by atoms with E-state index in [9.17, 15) is 19.7 Å². The first-order chi connectivity index (χ1) is 7.40. The van der Waals surface area contributed by atoms with Gasteiger partial charge in [-0.25, -0.2) is 0 Å². The molecule has 1 aromatic carbocycles. The Hall–Kier alpha value is -2.24. The van der Waals surface area contributed by atoms with Crippen molar-refractivity contribution in [1.82, 2.24) is 0 Å². The highest BCUT2D eigenvalue weighted by molar-refractivity contribution is 5.97. The Bertz CT molecular complexity index is 436. The summed E-state index contributed by atoms with van der Waals surface area (Å²) in [5.74, 6) is -0.648. The SMILES string of the molecule is CC(=O)Nc1cc(C(C)=O)cc([N+](=O)[O-])c1. The number of Topliss-reactive ketones (excluding diaryl/α,β-unsaturated/α-hetero) is 1. The van der Waals surface area contributed by atoms with E-state index < -0.39 is 4.92 Å². The normalized spacial score (nSPS) is 9.62. The molecule has 0 radical (unpaired) electrons. The van der Waals surface area contributed by atoms with Crippen molar-refractivity contribution in [3.8, 4) is 0 Å². The maximum absolute atomic E-state index is 11.1. The quantitative estimate of drug-likeness (QED) is 0.479. The zero-order valence-electron chi connectivity index (χ0n) is 8.81. The second-order valence-electron chi connectivity index (χ2n) is 3.26. The molecule has 6 nitrogen and oxygen atoms in total. The molecule has 0 aliphatic carbocycles. The molecule has 0 saturated carbocycles. The molecule has 0 fully saturated rings. The minimum absolute atomic E-state index is 0.193. The molecular weight excluding hydrogens is 212 g/mol. The summed E-state index contributed by atoms with van der Waals surface area (Å²) in [4.78, 5) is 31.9. The van der Waals surface area contributed by atoms with E-state index in [1.165, 1.54) is 32.0 Å². The Morgan fingerprint density at radius 3 is 2.31 bits per heavy atom. The molecule has 0 spiro atoms. The number of nitro benzene ring substituents is 1. The van der Waals surface area contributed by atoms with Crippen LogP contribution in [0, 0.1) is 10.1 Å². The zero-order chi connectivity index (χ0) is 12.3. The van der Waals surface area contributed by atoms with Crippen molar-refractivity contribution in [2.24, 2.45) is 0 Å². The predicted octanol–water partition coefficient (Wildman–Crippen LogP) is 1.76. The van der Waals surface area contributed by atoms with Crippen molar-refractivity contribution in [3.05, 3.63) is 33.9 Å². The molecule has 0 aliphatic heterocycles. The third-order valence-electron chi connectivity index (χ3n) is 1.86. The molecule has 16 heavy (non-hydrogen) atoms. The van der Waals surface area contributed by atoms with E-state index in [0.717, 1.165) is 0 Å². The molecule has 0 saturated heterocycles. The van der Waals surface area contributed by atoms with Gasteiger partial charge in [0.05, 0.1) is 4.92 Å². The molecule has 0 heterocycles. The number of ketones is 1. The average molecular weight is 222 g/mol. The van der Waals surface area contributed by atoms with E-state index in [-0.39, 0.29) is 28.6 Å². The second kappa shape index (κ2) is 4.52. The van der Waals surface area contributed by atoms with Gasteiger partial charge in [0, 0.05) is 30.3 Å². The van der Waals surface area contributed by atoms with E-state index in [1.54, 1.807) is 0 Å². The molecule has 0 bridgehead atoms. The van der Waals surface area contributed by atoms with Crippen LogP contribution in [0.4, 0.5) is 11.4 Å². The molecule has 1 aromatic rings. The van der Waals surface area contributed by atoms with E-state index in [0.29, 0.717) is 0 Å². The third kappa shape index (κ3) is 2.88. The Balaban J connectivity index is 3.23. The van der Waals surface area contributed by atoms with Crippen molar-refractivity contribution >= 4 is 23.1 Å². The first-order valence-corrected chi connectivity index (χ1v) is 4.48. The summed E-state index contributed by atoms with van der Waals surface area (Å²) < 4.78 is 0. The fourth-order valence-corrected chi connectivity index (χ4v) is 1.20. The summed E-state index contributed by atoms with van der Waals surface area (Å²) in [7, 11) is 0. The van der Waals surface area contributed by atoms with Crippen LogP contribution in [0.25, 0.3) is 0 Å². The fourth-order valence-electron chi connectivity index (χ4n) is 1.20. The molecule has 1 N–H and O–H groups in total. The van der Waals surface area contributed by atoms with Gasteiger partial charge in [-0.15, -0.1) is 0 Å². The number of carbonyl (C=O) groups excluding carboxylic acids is 2. The number of benzene rings is 1. The molecule has 0 aliphatic rings. The highest BCUT2D eigenvalue weighted by atomic mass is 16.6. The number of carbonyl (C=O) groups is 2. The van der Waals surface area contributed by atoms with Crippen LogP contribution in [-0.2, 0) is 4.79 Å². The molecule has 6 heteroatoms. The van der Waals surface area contributed by atoms with Crippen LogP contribution in [0.3, 0.4) is 0 Å². The minimum atomic E-state index is -0.613. The lowest BCUT2D eigenvalue weighted by atomic mass is 10.1. The zero-order valence-corrected chi connectivity index (χ0v) is 8.81. The maximum atomic E-state index is 11.1. The third-order valence-corrected chi connectivity index (χ3v) is 1.86. The molecule has 0 unspecified atom stereocenters. The molecule has 1 rings (SSSR count). The first-order valence-electron chi connectivity index (χ1n) is 4.48. The smallest absolute Gasteiger partial charge is 0.272 e. The number of anilines is 1. The Morgan fingerprint density at radius 2 is 1.88 bits per heavy atom. The topological polar surface area (TPSA) is 89.3 Å². The summed E-state index contributed by atoms with van der Waals surface area (Å²) in [5.41, 5.74) is 0.210. The lowest BCUT2D eigenvalue weighted by molar-refractivity contribution is -0.384. The number of rotatable bonds is 3. The van der Waals surface area contributed by atoms with Crippen LogP contribution in [0.2, 0.25) is 0 Å². The van der Waals surface area contributed by atoms with E-state index in [4.69, 9.17) is 0 Å². The predicted molar refractivity (Wildman–Crippen MR) is 57.4 cm³/mol. The summed E-state index contributed by atoms with van der Waals surface area (Å²) in [5, 5.41) is 13.0. The van der Waals surface area contributed by atoms with Crippen LogP contribution in [0.5, 0.6) is 0 Å². The molecule has 84 valence electrons. The molecule has 1 amide bonds. The van der Waals surface area contributed by atoms with Crippen LogP contribution in [0.1, 0.15) is 24.2 Å². The molecular formula is C10H10N2O4. The Morgan fingerprint density at radius 1 is 1.25 bits per heavy atom. The van der Waals surface area contributed by atoms with Gasteiger partial charge in [0.15, 0.2) is 5.78 Å². The van der Waals surface area contributed by atoms with Crippen molar-refractivity contribution in [2.75, 3.05) is 5.32 Å². The maximum Gasteiger partial charge on any atom is 0.272 e. The Labute approximate surface area is 91.4 Å². The average Bonchev–Trinajstić information content (AvgIpc) is 2.15. The number of nitro groups is 1. The first kappa shape index (κ1) is 11.8. The van der Waals surface area contributed by atoms with Gasteiger partial charge in [-0.2, -0.15) is 0 Å². The van der Waals surface area contributed by atoms with Gasteiger partial charge >= 0.3 is 0 Å². The van der Waals surface area contributed by atoms with Crippen molar-refractivity contribution < 1.29 is 14.5 Å². The second-order valence-corrected chi connectivity index (χ2v) is 3.26. The fraction of sp³-hybridized carbons (Fsp3) is 0.200. The summed E-state index contributed by atoms with van der Waals surface area (Å²) in [6, 6.07) is 3.78. The summed E-state index contributed by atoms with van der Waals surface area (Å²) in [6.07, 6.45) is 0. The monoisotopic (exact) mass is 222 g/mol. The number of nitrogens with one attached hydrogen (secondary N) is 1. The largest absolute Gasteiger partial charge is 0.326 e. The van der Waals surface area contributed by atoms with E-state index in [2.05, 4.69) is 5.32 Å². The van der Waals surface area contributed by atoms with Crippen LogP contribution in [-0.4, -0.2) is 16.6 Å². The number of hydrogen-bond donors (Lipinski definition) is 1. The van der Waals surface area contributed by atoms with E-state index in [1.807, 2.05) is 0 Å². The summed E-state index contributed by atoms with van der Waals surface area (Å²) in [6.45, 7) is 2.59. The highest BCUT2D eigenvalue weighted by Crippen LogP contribution is 2.21. The van der Waals surface area contributed by atoms with Gasteiger partial charge in [0.2, 0.25) is 5.91 Å². The van der Waals surface area contributed by atoms with Gasteiger partial charge in [0.1, 0.15) is 0 Å². The standard InChI is InChI=1S/C10H10N2O4/c1-6(13)8-3-9(11-7(2)14)5-10(4-8)12(15)16/h3-5H,1-2H3,(H,11,14). The van der Waals surface area contributed by atoms with Gasteiger partial charge in [-0.05, 0) is 13.0 Å². The van der Waals surface area contributed by atoms with Gasteiger partial charge in [-0.1, -0.05) is 0 Å². The highest BCUT2D eigenvalue weighted by Gasteiger charge is 2.12. The molecule has 0 aromatic heterocycles.